The van der Waals surface area contributed by atoms with E-state index in [2.05, 4.69) is 12.2 Å². The van der Waals surface area contributed by atoms with Gasteiger partial charge in [-0.3, -0.25) is 6.08 Å². The van der Waals surface area contributed by atoms with E-state index in [1.807, 2.05) is 12.2 Å². The van der Waals surface area contributed by atoms with Gasteiger partial charge in [-0.05, 0) is 0 Å². The molecule has 0 fully saturated rings. The Labute approximate surface area is 70.6 Å². The largest absolute Gasteiger partial charge is 2.00 e. The molecular weight excluding hydrogens is 164 g/mol. The predicted octanol–water partition coefficient (Wildman–Crippen LogP) is -2.07. The first-order valence-corrected chi connectivity index (χ1v) is 1.72. The minimum atomic E-state index is 0. The molecular formula is C5H5BrMg. The van der Waals surface area contributed by atoms with E-state index in [1.165, 1.54) is 0 Å². The summed E-state index contributed by atoms with van der Waals surface area (Å²) < 4.78 is 0. The SMILES string of the molecule is [Br-].[C-]1=CC=CC1.[Mg+2]. The minimum Gasteiger partial charge on any atom is -1.00 e. The van der Waals surface area contributed by atoms with Crippen LogP contribution in [-0.2, 0) is 0 Å². The third-order valence-corrected chi connectivity index (χ3v) is 0.586. The zero-order chi connectivity index (χ0) is 3.54. The second kappa shape index (κ2) is 6.73. The van der Waals surface area contributed by atoms with E-state index in [0.29, 0.717) is 0 Å². The minimum absolute atomic E-state index is 0. The van der Waals surface area contributed by atoms with Crippen LogP contribution in [0.5, 0.6) is 0 Å². The van der Waals surface area contributed by atoms with Crippen LogP contribution in [0.25, 0.3) is 0 Å². The summed E-state index contributed by atoms with van der Waals surface area (Å²) in [6.45, 7) is 0. The molecule has 0 nitrogen and oxygen atoms in total. The Balaban J connectivity index is 0. The number of allylic oxidation sites excluding steroid dienone is 4. The van der Waals surface area contributed by atoms with Crippen LogP contribution in [0.2, 0.25) is 0 Å². The molecule has 0 bridgehead atoms. The molecule has 0 unspecified atom stereocenters. The average Bonchev–Trinajstić information content (AvgIpc) is 1.76. The molecule has 2 heteroatoms. The summed E-state index contributed by atoms with van der Waals surface area (Å²) in [6.07, 6.45) is 10.0. The Bertz CT molecular complexity index is 66.1. The fourth-order valence-electron chi connectivity index (χ4n) is 0.340. The van der Waals surface area contributed by atoms with Gasteiger partial charge < -0.3 is 17.0 Å². The first-order chi connectivity index (χ1) is 2.50. The standard InChI is InChI=1S/C5H5.BrH.Mg/c1-2-4-5-3-1;;/h1-3H,4H2;1H;/q-1;;+2/p-1. The maximum Gasteiger partial charge on any atom is 2.00 e. The van der Waals surface area contributed by atoms with Crippen molar-refractivity contribution in [1.82, 2.24) is 0 Å². The smallest absolute Gasteiger partial charge is 1.00 e. The molecule has 1 rings (SSSR count). The van der Waals surface area contributed by atoms with Gasteiger partial charge in [-0.15, -0.1) is 6.42 Å². The van der Waals surface area contributed by atoms with Gasteiger partial charge >= 0.3 is 23.1 Å². The van der Waals surface area contributed by atoms with Gasteiger partial charge in [0.25, 0.3) is 0 Å². The first kappa shape index (κ1) is 10.7. The summed E-state index contributed by atoms with van der Waals surface area (Å²) in [7, 11) is 0. The molecule has 0 aromatic heterocycles. The molecule has 0 aliphatic heterocycles. The van der Waals surface area contributed by atoms with Crippen molar-refractivity contribution in [3.05, 3.63) is 24.3 Å². The van der Waals surface area contributed by atoms with Crippen LogP contribution in [0.1, 0.15) is 6.42 Å². The summed E-state index contributed by atoms with van der Waals surface area (Å²) in [4.78, 5) is 0. The number of rotatable bonds is 0. The first-order valence-electron chi connectivity index (χ1n) is 1.72. The molecule has 1 aliphatic rings. The molecule has 0 atom stereocenters. The third-order valence-electron chi connectivity index (χ3n) is 0.586. The fourth-order valence-corrected chi connectivity index (χ4v) is 0.340. The van der Waals surface area contributed by atoms with Crippen LogP contribution in [0, 0.1) is 6.08 Å². The van der Waals surface area contributed by atoms with Gasteiger partial charge in [-0.2, -0.15) is 6.08 Å². The third kappa shape index (κ3) is 4.58. The summed E-state index contributed by atoms with van der Waals surface area (Å²) >= 11 is 0. The van der Waals surface area contributed by atoms with Crippen molar-refractivity contribution < 1.29 is 17.0 Å². The zero-order valence-electron chi connectivity index (χ0n) is 4.02. The molecule has 0 spiro atoms. The van der Waals surface area contributed by atoms with Crippen LogP contribution < -0.4 is 17.0 Å². The summed E-state index contributed by atoms with van der Waals surface area (Å²) in [6, 6.07) is 0. The predicted molar refractivity (Wildman–Crippen MR) is 27.3 cm³/mol. The molecule has 34 valence electrons. The maximum atomic E-state index is 2.99. The summed E-state index contributed by atoms with van der Waals surface area (Å²) in [5.41, 5.74) is 0. The summed E-state index contributed by atoms with van der Waals surface area (Å²) in [5.74, 6) is 0. The van der Waals surface area contributed by atoms with E-state index in [-0.39, 0.29) is 40.0 Å². The van der Waals surface area contributed by atoms with Gasteiger partial charge in [0, 0.05) is 0 Å². The average molecular weight is 169 g/mol. The number of hydrogen-bond donors (Lipinski definition) is 0. The molecule has 0 saturated carbocycles. The van der Waals surface area contributed by atoms with Gasteiger partial charge in [0.15, 0.2) is 0 Å². The monoisotopic (exact) mass is 168 g/mol. The number of halogens is 1. The second-order valence-electron chi connectivity index (χ2n) is 1.00. The molecule has 0 N–H and O–H groups in total. The van der Waals surface area contributed by atoms with Crippen molar-refractivity contribution in [1.29, 1.82) is 0 Å². The molecule has 0 saturated heterocycles. The topological polar surface area (TPSA) is 0 Å². The van der Waals surface area contributed by atoms with Crippen molar-refractivity contribution in [3.8, 4) is 0 Å². The van der Waals surface area contributed by atoms with E-state index in [0.717, 1.165) is 6.42 Å². The van der Waals surface area contributed by atoms with E-state index in [1.54, 1.807) is 0 Å². The Morgan fingerprint density at radius 1 is 1.43 bits per heavy atom. The van der Waals surface area contributed by atoms with Crippen LogP contribution in [-0.4, -0.2) is 23.1 Å². The fraction of sp³-hybridized carbons (Fsp3) is 0.200. The van der Waals surface area contributed by atoms with Crippen molar-refractivity contribution in [3.63, 3.8) is 0 Å². The van der Waals surface area contributed by atoms with E-state index < -0.39 is 0 Å². The molecule has 0 aromatic carbocycles. The van der Waals surface area contributed by atoms with Gasteiger partial charge in [0.2, 0.25) is 0 Å². The van der Waals surface area contributed by atoms with E-state index >= 15 is 0 Å². The quantitative estimate of drug-likeness (QED) is 0.289. The van der Waals surface area contributed by atoms with Crippen LogP contribution in [0.3, 0.4) is 0 Å². The molecule has 1 aliphatic carbocycles. The van der Waals surface area contributed by atoms with Crippen LogP contribution in [0.4, 0.5) is 0 Å². The van der Waals surface area contributed by atoms with E-state index in [4.69, 9.17) is 0 Å². The summed E-state index contributed by atoms with van der Waals surface area (Å²) in [5, 5.41) is 0. The Morgan fingerprint density at radius 3 is 2.29 bits per heavy atom. The van der Waals surface area contributed by atoms with Gasteiger partial charge in [-0.25, -0.2) is 12.2 Å². The van der Waals surface area contributed by atoms with Crippen LogP contribution >= 0.6 is 0 Å². The maximum absolute atomic E-state index is 2.99. The Kier molecular flexibility index (Phi) is 10.2. The van der Waals surface area contributed by atoms with Crippen LogP contribution in [0.15, 0.2) is 18.2 Å². The van der Waals surface area contributed by atoms with Crippen molar-refractivity contribution in [2.45, 2.75) is 6.42 Å². The zero-order valence-corrected chi connectivity index (χ0v) is 7.02. The molecule has 0 heterocycles. The van der Waals surface area contributed by atoms with Gasteiger partial charge in [0.05, 0.1) is 0 Å². The molecule has 7 heavy (non-hydrogen) atoms. The number of hydrogen-bond acceptors (Lipinski definition) is 0. The normalized spacial score (nSPS) is 12.6. The molecule has 0 aromatic rings. The van der Waals surface area contributed by atoms with Crippen molar-refractivity contribution in [2.75, 3.05) is 0 Å². The Hall–Kier alpha value is 0.726. The van der Waals surface area contributed by atoms with Crippen molar-refractivity contribution in [2.24, 2.45) is 0 Å². The molecule has 0 radical (unpaired) electrons. The second-order valence-corrected chi connectivity index (χ2v) is 1.00. The van der Waals surface area contributed by atoms with Gasteiger partial charge in [-0.1, -0.05) is 0 Å². The Morgan fingerprint density at radius 2 is 2.14 bits per heavy atom. The van der Waals surface area contributed by atoms with Gasteiger partial charge in [0.1, 0.15) is 0 Å². The van der Waals surface area contributed by atoms with E-state index in [9.17, 15) is 0 Å². The molecule has 0 amide bonds. The van der Waals surface area contributed by atoms with Crippen molar-refractivity contribution >= 4 is 23.1 Å².